The van der Waals surface area contributed by atoms with Crippen LogP contribution in [0, 0.1) is 0 Å². The van der Waals surface area contributed by atoms with Gasteiger partial charge in [0.1, 0.15) is 0 Å². The van der Waals surface area contributed by atoms with E-state index in [1.807, 2.05) is 13.0 Å². The topological polar surface area (TPSA) is 60.0 Å². The van der Waals surface area contributed by atoms with Crippen LogP contribution in [-0.4, -0.2) is 63.9 Å². The number of hydrogen-bond donors (Lipinski definition) is 2. The van der Waals surface area contributed by atoms with Crippen molar-refractivity contribution in [3.8, 4) is 0 Å². The van der Waals surface area contributed by atoms with Gasteiger partial charge in [-0.25, -0.2) is 0 Å². The number of rotatable bonds is 13. The molecule has 0 radical (unpaired) electrons. The molecule has 2 unspecified atom stereocenters. The fourth-order valence-electron chi connectivity index (χ4n) is 1.30. The highest BCUT2D eigenvalue weighted by atomic mass is 16.5. The van der Waals surface area contributed by atoms with Gasteiger partial charge in [-0.05, 0) is 13.3 Å². The normalized spacial score (nSPS) is 14.4. The average Bonchev–Trinajstić information content (AvgIpc) is 2.35. The van der Waals surface area contributed by atoms with Gasteiger partial charge in [0, 0.05) is 20.2 Å². The zero-order valence-corrected chi connectivity index (χ0v) is 11.6. The van der Waals surface area contributed by atoms with E-state index in [-0.39, 0.29) is 6.10 Å². The van der Waals surface area contributed by atoms with Crippen molar-refractivity contribution in [3.05, 3.63) is 12.7 Å². The monoisotopic (exact) mass is 261 g/mol. The zero-order chi connectivity index (χ0) is 13.6. The summed E-state index contributed by atoms with van der Waals surface area (Å²) in [5.41, 5.74) is 0. The number of methoxy groups -OCH3 is 1. The molecule has 0 rings (SSSR count). The summed E-state index contributed by atoms with van der Waals surface area (Å²) in [6.07, 6.45) is 2.20. The molecular formula is C13H27NO4. The first-order valence-electron chi connectivity index (χ1n) is 6.38. The molecule has 0 bridgehead atoms. The van der Waals surface area contributed by atoms with Crippen LogP contribution in [0.1, 0.15) is 13.3 Å². The highest BCUT2D eigenvalue weighted by Gasteiger charge is 2.07. The maximum Gasteiger partial charge on any atom is 0.0897 e. The second-order valence-electron chi connectivity index (χ2n) is 4.15. The van der Waals surface area contributed by atoms with Gasteiger partial charge in [0.2, 0.25) is 0 Å². The number of hydrogen-bond acceptors (Lipinski definition) is 5. The van der Waals surface area contributed by atoms with Crippen LogP contribution < -0.4 is 5.32 Å². The van der Waals surface area contributed by atoms with Crippen LogP contribution >= 0.6 is 0 Å². The Morgan fingerprint density at radius 2 is 2.11 bits per heavy atom. The van der Waals surface area contributed by atoms with Crippen LogP contribution in [0.2, 0.25) is 0 Å². The molecule has 2 N–H and O–H groups in total. The van der Waals surface area contributed by atoms with Crippen LogP contribution in [0.25, 0.3) is 0 Å². The molecule has 2 atom stereocenters. The molecule has 0 aliphatic rings. The molecule has 0 aliphatic carbocycles. The lowest BCUT2D eigenvalue weighted by Crippen LogP contribution is -2.34. The SMILES string of the molecule is C=CCCOCCNCC(O)COC(C)COC. The Morgan fingerprint density at radius 1 is 1.33 bits per heavy atom. The molecule has 0 fully saturated rings. The molecule has 0 heterocycles. The van der Waals surface area contributed by atoms with Crippen molar-refractivity contribution in [1.29, 1.82) is 0 Å². The Labute approximate surface area is 110 Å². The fraction of sp³-hybridized carbons (Fsp3) is 0.846. The third kappa shape index (κ3) is 12.0. The van der Waals surface area contributed by atoms with Crippen molar-refractivity contribution in [2.45, 2.75) is 25.6 Å². The Hall–Kier alpha value is -0.460. The number of aliphatic hydroxyl groups excluding tert-OH is 1. The number of aliphatic hydroxyl groups is 1. The highest BCUT2D eigenvalue weighted by molar-refractivity contribution is 4.64. The molecule has 0 aliphatic heterocycles. The van der Waals surface area contributed by atoms with Crippen LogP contribution in [-0.2, 0) is 14.2 Å². The predicted molar refractivity (Wildman–Crippen MR) is 71.8 cm³/mol. The van der Waals surface area contributed by atoms with E-state index >= 15 is 0 Å². The van der Waals surface area contributed by atoms with E-state index < -0.39 is 6.10 Å². The fourth-order valence-corrected chi connectivity index (χ4v) is 1.30. The summed E-state index contributed by atoms with van der Waals surface area (Å²) in [4.78, 5) is 0. The van der Waals surface area contributed by atoms with Gasteiger partial charge in [0.25, 0.3) is 0 Å². The van der Waals surface area contributed by atoms with E-state index in [9.17, 15) is 5.11 Å². The first-order valence-corrected chi connectivity index (χ1v) is 6.38. The molecule has 0 aromatic carbocycles. The Balaban J connectivity index is 3.26. The minimum atomic E-state index is -0.502. The first-order chi connectivity index (χ1) is 8.70. The largest absolute Gasteiger partial charge is 0.389 e. The van der Waals surface area contributed by atoms with E-state index in [2.05, 4.69) is 11.9 Å². The van der Waals surface area contributed by atoms with E-state index in [4.69, 9.17) is 14.2 Å². The molecule has 0 aromatic heterocycles. The summed E-state index contributed by atoms with van der Waals surface area (Å²) in [5.74, 6) is 0. The molecule has 0 spiro atoms. The quantitative estimate of drug-likeness (QED) is 0.375. The Morgan fingerprint density at radius 3 is 2.78 bits per heavy atom. The molecule has 0 saturated heterocycles. The standard InChI is InChI=1S/C13H27NO4/c1-4-5-7-17-8-6-14-9-13(15)11-18-12(2)10-16-3/h4,12-15H,1,5-11H2,2-3H3. The molecule has 5 nitrogen and oxygen atoms in total. The summed E-state index contributed by atoms with van der Waals surface area (Å²) in [6.45, 7) is 8.95. The third-order valence-corrected chi connectivity index (χ3v) is 2.24. The first kappa shape index (κ1) is 17.5. The van der Waals surface area contributed by atoms with Crippen LogP contribution in [0.4, 0.5) is 0 Å². The predicted octanol–water partition coefficient (Wildman–Crippen LogP) is 0.581. The Bertz CT molecular complexity index is 190. The summed E-state index contributed by atoms with van der Waals surface area (Å²) < 4.78 is 15.7. The average molecular weight is 261 g/mol. The van der Waals surface area contributed by atoms with Gasteiger partial charge in [0.05, 0.1) is 38.6 Å². The second kappa shape index (κ2) is 13.0. The van der Waals surface area contributed by atoms with Gasteiger partial charge in [-0.2, -0.15) is 0 Å². The van der Waals surface area contributed by atoms with E-state index in [1.54, 1.807) is 7.11 Å². The lowest BCUT2D eigenvalue weighted by atomic mass is 10.3. The van der Waals surface area contributed by atoms with Gasteiger partial charge < -0.3 is 24.6 Å². The van der Waals surface area contributed by atoms with Gasteiger partial charge in [-0.3, -0.25) is 0 Å². The van der Waals surface area contributed by atoms with Crippen molar-refractivity contribution in [3.63, 3.8) is 0 Å². The van der Waals surface area contributed by atoms with Gasteiger partial charge >= 0.3 is 0 Å². The van der Waals surface area contributed by atoms with Crippen molar-refractivity contribution >= 4 is 0 Å². The summed E-state index contributed by atoms with van der Waals surface area (Å²) in [6, 6.07) is 0. The molecule has 0 amide bonds. The second-order valence-corrected chi connectivity index (χ2v) is 4.15. The smallest absolute Gasteiger partial charge is 0.0897 e. The maximum atomic E-state index is 9.62. The number of nitrogens with one attached hydrogen (secondary N) is 1. The maximum absolute atomic E-state index is 9.62. The van der Waals surface area contributed by atoms with Crippen LogP contribution in [0.3, 0.4) is 0 Å². The molecule has 108 valence electrons. The summed E-state index contributed by atoms with van der Waals surface area (Å²) in [5, 5.41) is 12.7. The molecular weight excluding hydrogens is 234 g/mol. The van der Waals surface area contributed by atoms with E-state index in [0.29, 0.717) is 33.0 Å². The van der Waals surface area contributed by atoms with Crippen molar-refractivity contribution in [2.24, 2.45) is 0 Å². The van der Waals surface area contributed by atoms with E-state index in [0.717, 1.165) is 13.0 Å². The van der Waals surface area contributed by atoms with E-state index in [1.165, 1.54) is 0 Å². The lowest BCUT2D eigenvalue weighted by molar-refractivity contribution is -0.0313. The van der Waals surface area contributed by atoms with Gasteiger partial charge in [-0.15, -0.1) is 6.58 Å². The minimum Gasteiger partial charge on any atom is -0.389 e. The van der Waals surface area contributed by atoms with Crippen molar-refractivity contribution in [1.82, 2.24) is 5.32 Å². The molecule has 18 heavy (non-hydrogen) atoms. The Kier molecular flexibility index (Phi) is 12.7. The summed E-state index contributed by atoms with van der Waals surface area (Å²) >= 11 is 0. The van der Waals surface area contributed by atoms with Gasteiger partial charge in [0.15, 0.2) is 0 Å². The minimum absolute atomic E-state index is 0.00638. The zero-order valence-electron chi connectivity index (χ0n) is 11.6. The van der Waals surface area contributed by atoms with Gasteiger partial charge in [-0.1, -0.05) is 6.08 Å². The molecule has 0 saturated carbocycles. The number of ether oxygens (including phenoxy) is 3. The van der Waals surface area contributed by atoms with Crippen molar-refractivity contribution < 1.29 is 19.3 Å². The highest BCUT2D eigenvalue weighted by Crippen LogP contribution is 1.93. The third-order valence-electron chi connectivity index (χ3n) is 2.24. The molecule has 0 aromatic rings. The van der Waals surface area contributed by atoms with Crippen LogP contribution in [0.5, 0.6) is 0 Å². The summed E-state index contributed by atoms with van der Waals surface area (Å²) in [7, 11) is 1.63. The van der Waals surface area contributed by atoms with Crippen molar-refractivity contribution in [2.75, 3.05) is 46.6 Å². The molecule has 5 heteroatoms. The van der Waals surface area contributed by atoms with Crippen LogP contribution in [0.15, 0.2) is 12.7 Å². The lowest BCUT2D eigenvalue weighted by Gasteiger charge is -2.16.